The number of rotatable bonds is 3. The molecule has 0 aliphatic rings. The number of carbonyl (C=O) groups is 1. The first-order valence-corrected chi connectivity index (χ1v) is 7.74. The Kier molecular flexibility index (Phi) is 4.44. The third-order valence-electron chi connectivity index (χ3n) is 3.28. The number of hydrogen-bond donors (Lipinski definition) is 2. The highest BCUT2D eigenvalue weighted by Gasteiger charge is 2.27. The molecule has 0 aliphatic heterocycles. The van der Waals surface area contributed by atoms with Crippen molar-refractivity contribution in [2.75, 3.05) is 5.32 Å². The van der Waals surface area contributed by atoms with Crippen molar-refractivity contribution in [2.24, 2.45) is 11.1 Å². The van der Waals surface area contributed by atoms with Crippen LogP contribution in [0.2, 0.25) is 0 Å². The van der Waals surface area contributed by atoms with Gasteiger partial charge in [0.2, 0.25) is 5.91 Å². The van der Waals surface area contributed by atoms with Gasteiger partial charge < -0.3 is 11.1 Å². The maximum absolute atomic E-state index is 12.1. The van der Waals surface area contributed by atoms with Crippen molar-refractivity contribution in [1.29, 1.82) is 0 Å². The molecule has 0 radical (unpaired) electrons. The summed E-state index contributed by atoms with van der Waals surface area (Å²) in [4.78, 5) is 16.5. The number of aromatic nitrogens is 1. The standard InChI is InChI=1S/C16H21N3OS/c1-10-18-13(9-21-10)11-5-7-12(8-6-11)19-15(20)14(17)16(2,3)4/h5-9,14H,17H2,1-4H3,(H,19,20). The van der Waals surface area contributed by atoms with E-state index in [0.717, 1.165) is 22.0 Å². The number of benzene rings is 1. The summed E-state index contributed by atoms with van der Waals surface area (Å²) in [6.07, 6.45) is 0. The molecule has 0 fully saturated rings. The molecule has 5 heteroatoms. The Balaban J connectivity index is 2.08. The maximum Gasteiger partial charge on any atom is 0.241 e. The van der Waals surface area contributed by atoms with Crippen molar-refractivity contribution >= 4 is 22.9 Å². The van der Waals surface area contributed by atoms with E-state index in [9.17, 15) is 4.79 Å². The van der Waals surface area contributed by atoms with E-state index >= 15 is 0 Å². The molecule has 1 aromatic heterocycles. The summed E-state index contributed by atoms with van der Waals surface area (Å²) in [5.41, 5.74) is 8.43. The van der Waals surface area contributed by atoms with Crippen LogP contribution in [-0.4, -0.2) is 16.9 Å². The van der Waals surface area contributed by atoms with Crippen LogP contribution in [0.5, 0.6) is 0 Å². The molecule has 1 heterocycles. The van der Waals surface area contributed by atoms with Crippen LogP contribution in [-0.2, 0) is 4.79 Å². The second-order valence-electron chi connectivity index (χ2n) is 6.16. The minimum atomic E-state index is -0.543. The van der Waals surface area contributed by atoms with E-state index in [2.05, 4.69) is 10.3 Å². The van der Waals surface area contributed by atoms with E-state index < -0.39 is 6.04 Å². The number of nitrogens with one attached hydrogen (secondary N) is 1. The Morgan fingerprint density at radius 2 is 1.90 bits per heavy atom. The van der Waals surface area contributed by atoms with Gasteiger partial charge in [-0.25, -0.2) is 4.98 Å². The Labute approximate surface area is 129 Å². The average Bonchev–Trinajstić information content (AvgIpc) is 2.84. The van der Waals surface area contributed by atoms with Crippen LogP contribution >= 0.6 is 11.3 Å². The van der Waals surface area contributed by atoms with E-state index in [1.54, 1.807) is 11.3 Å². The van der Waals surface area contributed by atoms with Gasteiger partial charge in [-0.15, -0.1) is 11.3 Å². The normalized spacial score (nSPS) is 13.0. The van der Waals surface area contributed by atoms with Gasteiger partial charge in [0.25, 0.3) is 0 Å². The van der Waals surface area contributed by atoms with Gasteiger partial charge in [0.15, 0.2) is 0 Å². The fraction of sp³-hybridized carbons (Fsp3) is 0.375. The summed E-state index contributed by atoms with van der Waals surface area (Å²) in [6, 6.07) is 7.10. The zero-order valence-electron chi connectivity index (χ0n) is 12.8. The lowest BCUT2D eigenvalue weighted by atomic mass is 9.87. The highest BCUT2D eigenvalue weighted by molar-refractivity contribution is 7.09. The Morgan fingerprint density at radius 3 is 2.38 bits per heavy atom. The van der Waals surface area contributed by atoms with Gasteiger partial charge in [0, 0.05) is 16.6 Å². The zero-order valence-corrected chi connectivity index (χ0v) is 13.6. The van der Waals surface area contributed by atoms with E-state index in [0.29, 0.717) is 0 Å². The highest BCUT2D eigenvalue weighted by atomic mass is 32.1. The van der Waals surface area contributed by atoms with Crippen LogP contribution in [0.1, 0.15) is 25.8 Å². The Hall–Kier alpha value is -1.72. The number of nitrogens with two attached hydrogens (primary N) is 1. The fourth-order valence-corrected chi connectivity index (χ4v) is 2.46. The molecular formula is C16H21N3OS. The fourth-order valence-electron chi connectivity index (χ4n) is 1.83. The van der Waals surface area contributed by atoms with Gasteiger partial charge in [-0.1, -0.05) is 32.9 Å². The quantitative estimate of drug-likeness (QED) is 0.912. The summed E-state index contributed by atoms with van der Waals surface area (Å²) in [5.74, 6) is -0.167. The second-order valence-corrected chi connectivity index (χ2v) is 7.22. The molecule has 4 nitrogen and oxygen atoms in total. The topological polar surface area (TPSA) is 68.0 Å². The van der Waals surface area contributed by atoms with Crippen molar-refractivity contribution in [3.63, 3.8) is 0 Å². The number of amides is 1. The van der Waals surface area contributed by atoms with E-state index in [1.807, 2.05) is 57.3 Å². The van der Waals surface area contributed by atoms with Gasteiger partial charge in [0.1, 0.15) is 0 Å². The van der Waals surface area contributed by atoms with E-state index in [1.165, 1.54) is 0 Å². The lowest BCUT2D eigenvalue weighted by molar-refractivity contribution is -0.119. The molecule has 0 bridgehead atoms. The van der Waals surface area contributed by atoms with Crippen molar-refractivity contribution in [1.82, 2.24) is 4.98 Å². The Bertz CT molecular complexity index is 626. The monoisotopic (exact) mass is 303 g/mol. The molecule has 21 heavy (non-hydrogen) atoms. The molecule has 0 saturated carbocycles. The van der Waals surface area contributed by atoms with Crippen molar-refractivity contribution in [2.45, 2.75) is 33.7 Å². The molecule has 0 saturated heterocycles. The number of aryl methyl sites for hydroxylation is 1. The smallest absolute Gasteiger partial charge is 0.241 e. The van der Waals surface area contributed by atoms with Crippen LogP contribution in [0.4, 0.5) is 5.69 Å². The Morgan fingerprint density at radius 1 is 1.29 bits per heavy atom. The molecule has 2 aromatic rings. The zero-order chi connectivity index (χ0) is 15.6. The van der Waals surface area contributed by atoms with Crippen LogP contribution in [0.3, 0.4) is 0 Å². The number of thiazole rings is 1. The summed E-state index contributed by atoms with van der Waals surface area (Å²) in [7, 11) is 0. The van der Waals surface area contributed by atoms with Crippen molar-refractivity contribution in [3.05, 3.63) is 34.7 Å². The van der Waals surface area contributed by atoms with Crippen LogP contribution in [0.25, 0.3) is 11.3 Å². The molecule has 1 atom stereocenters. The molecule has 1 amide bonds. The van der Waals surface area contributed by atoms with Crippen molar-refractivity contribution in [3.8, 4) is 11.3 Å². The average molecular weight is 303 g/mol. The van der Waals surface area contributed by atoms with Crippen LogP contribution < -0.4 is 11.1 Å². The molecule has 1 unspecified atom stereocenters. The van der Waals surface area contributed by atoms with Crippen LogP contribution in [0, 0.1) is 12.3 Å². The number of nitrogens with zero attached hydrogens (tertiary/aromatic N) is 1. The summed E-state index contributed by atoms with van der Waals surface area (Å²) in [6.45, 7) is 7.83. The van der Waals surface area contributed by atoms with E-state index in [-0.39, 0.29) is 11.3 Å². The molecular weight excluding hydrogens is 282 g/mol. The predicted octanol–water partition coefficient (Wildman–Crippen LogP) is 3.43. The molecule has 3 N–H and O–H groups in total. The van der Waals surface area contributed by atoms with Gasteiger partial charge >= 0.3 is 0 Å². The highest BCUT2D eigenvalue weighted by Crippen LogP contribution is 2.24. The summed E-state index contributed by atoms with van der Waals surface area (Å²) < 4.78 is 0. The van der Waals surface area contributed by atoms with Gasteiger partial charge in [-0.3, -0.25) is 4.79 Å². The minimum Gasteiger partial charge on any atom is -0.325 e. The summed E-state index contributed by atoms with van der Waals surface area (Å²) in [5, 5.41) is 5.92. The van der Waals surface area contributed by atoms with Crippen LogP contribution in [0.15, 0.2) is 29.6 Å². The third kappa shape index (κ3) is 3.89. The molecule has 112 valence electrons. The molecule has 0 aliphatic carbocycles. The largest absolute Gasteiger partial charge is 0.325 e. The lowest BCUT2D eigenvalue weighted by Crippen LogP contribution is -2.45. The van der Waals surface area contributed by atoms with Crippen molar-refractivity contribution < 1.29 is 4.79 Å². The second kappa shape index (κ2) is 5.95. The summed E-state index contributed by atoms with van der Waals surface area (Å²) >= 11 is 1.62. The van der Waals surface area contributed by atoms with Gasteiger partial charge in [-0.2, -0.15) is 0 Å². The maximum atomic E-state index is 12.1. The number of anilines is 1. The first-order valence-electron chi connectivity index (χ1n) is 6.86. The van der Waals surface area contributed by atoms with Gasteiger partial charge in [0.05, 0.1) is 16.7 Å². The lowest BCUT2D eigenvalue weighted by Gasteiger charge is -2.25. The first kappa shape index (κ1) is 15.7. The molecule has 0 spiro atoms. The number of carbonyl (C=O) groups excluding carboxylic acids is 1. The molecule has 2 rings (SSSR count). The van der Waals surface area contributed by atoms with E-state index in [4.69, 9.17) is 5.73 Å². The first-order chi connectivity index (χ1) is 9.77. The minimum absolute atomic E-state index is 0.167. The number of hydrogen-bond acceptors (Lipinski definition) is 4. The third-order valence-corrected chi connectivity index (χ3v) is 4.06. The SMILES string of the molecule is Cc1nc(-c2ccc(NC(=O)C(N)C(C)(C)C)cc2)cs1. The molecule has 1 aromatic carbocycles. The predicted molar refractivity (Wildman–Crippen MR) is 88.3 cm³/mol. The van der Waals surface area contributed by atoms with Gasteiger partial charge in [-0.05, 0) is 24.5 Å².